The highest BCUT2D eigenvalue weighted by atomic mass is 16.6. The summed E-state index contributed by atoms with van der Waals surface area (Å²) in [5.74, 6) is 0.559. The van der Waals surface area contributed by atoms with Crippen molar-refractivity contribution in [2.45, 2.75) is 32.2 Å². The Bertz CT molecular complexity index is 794. The smallest absolute Gasteiger partial charge is 0.410 e. The summed E-state index contributed by atoms with van der Waals surface area (Å²) in [6.45, 7) is 6.67. The van der Waals surface area contributed by atoms with Gasteiger partial charge in [0.05, 0.1) is 6.54 Å². The second-order valence-electron chi connectivity index (χ2n) is 9.07. The van der Waals surface area contributed by atoms with E-state index in [0.717, 1.165) is 58.5 Å². The van der Waals surface area contributed by atoms with Crippen LogP contribution >= 0.6 is 0 Å². The molecule has 0 aliphatic carbocycles. The fourth-order valence-corrected chi connectivity index (χ4v) is 4.84. The summed E-state index contributed by atoms with van der Waals surface area (Å²) in [7, 11) is 0. The fraction of sp³-hybridized carbons (Fsp3) is 0.625. The quantitative estimate of drug-likeness (QED) is 0.644. The Morgan fingerprint density at radius 1 is 0.938 bits per heavy atom. The number of nitrogens with zero attached hydrogens (tertiary/aromatic N) is 4. The minimum Gasteiger partial charge on any atom is -0.448 e. The average Bonchev–Trinajstić information content (AvgIpc) is 3.23. The van der Waals surface area contributed by atoms with Crippen LogP contribution in [-0.4, -0.2) is 96.5 Å². The van der Waals surface area contributed by atoms with Gasteiger partial charge in [-0.1, -0.05) is 30.3 Å². The van der Waals surface area contributed by atoms with Crippen LogP contribution in [0.4, 0.5) is 4.79 Å². The number of piperidine rings is 1. The summed E-state index contributed by atoms with van der Waals surface area (Å²) >= 11 is 0. The van der Waals surface area contributed by atoms with Gasteiger partial charge in [-0.15, -0.1) is 0 Å². The van der Waals surface area contributed by atoms with E-state index >= 15 is 0 Å². The molecular weight excluding hydrogens is 408 g/mol. The average molecular weight is 443 g/mol. The first-order valence-electron chi connectivity index (χ1n) is 11.8. The number of ether oxygens (including phenoxy) is 1. The summed E-state index contributed by atoms with van der Waals surface area (Å²) in [5.41, 5.74) is 1.31. The van der Waals surface area contributed by atoms with Gasteiger partial charge in [0.2, 0.25) is 11.8 Å². The van der Waals surface area contributed by atoms with E-state index in [4.69, 9.17) is 4.74 Å². The number of likely N-dealkylation sites (tertiary alicyclic amines) is 1. The van der Waals surface area contributed by atoms with Crippen LogP contribution in [0.25, 0.3) is 0 Å². The maximum atomic E-state index is 12.8. The van der Waals surface area contributed by atoms with Gasteiger partial charge in [-0.25, -0.2) is 4.79 Å². The molecular formula is C24H34N4O4. The van der Waals surface area contributed by atoms with E-state index < -0.39 is 6.09 Å². The first kappa shape index (κ1) is 22.6. The van der Waals surface area contributed by atoms with Crippen molar-refractivity contribution in [1.29, 1.82) is 0 Å². The van der Waals surface area contributed by atoms with Crippen LogP contribution in [0, 0.1) is 5.92 Å². The molecule has 1 aromatic rings. The highest BCUT2D eigenvalue weighted by Crippen LogP contribution is 2.22. The van der Waals surface area contributed by atoms with Crippen molar-refractivity contribution in [3.63, 3.8) is 0 Å². The normalized spacial score (nSPS) is 22.2. The Labute approximate surface area is 190 Å². The van der Waals surface area contributed by atoms with E-state index in [0.29, 0.717) is 32.0 Å². The SMILES string of the molecule is O=C(CCC1CCCN(C(=O)CN2CCOC2=O)C1)N1CCN(Cc2ccccc2)CC1. The van der Waals surface area contributed by atoms with Crippen molar-refractivity contribution >= 4 is 17.9 Å². The van der Waals surface area contributed by atoms with Crippen LogP contribution in [0.15, 0.2) is 30.3 Å². The molecule has 3 heterocycles. The Morgan fingerprint density at radius 2 is 1.72 bits per heavy atom. The molecule has 3 fully saturated rings. The van der Waals surface area contributed by atoms with Crippen LogP contribution in [0.3, 0.4) is 0 Å². The Balaban J connectivity index is 1.16. The van der Waals surface area contributed by atoms with Gasteiger partial charge in [0, 0.05) is 52.2 Å². The van der Waals surface area contributed by atoms with Gasteiger partial charge < -0.3 is 14.5 Å². The van der Waals surface area contributed by atoms with Gasteiger partial charge in [0.15, 0.2) is 0 Å². The molecule has 4 rings (SSSR count). The lowest BCUT2D eigenvalue weighted by Crippen LogP contribution is -2.48. The topological polar surface area (TPSA) is 73.4 Å². The minimum atomic E-state index is -0.402. The third-order valence-electron chi connectivity index (χ3n) is 6.78. The van der Waals surface area contributed by atoms with E-state index in [9.17, 15) is 14.4 Å². The number of piperazine rings is 1. The zero-order chi connectivity index (χ0) is 22.3. The summed E-state index contributed by atoms with van der Waals surface area (Å²) in [6, 6.07) is 10.5. The molecule has 1 unspecified atom stereocenters. The number of hydrogen-bond donors (Lipinski definition) is 0. The lowest BCUT2D eigenvalue weighted by molar-refractivity contribution is -0.134. The Morgan fingerprint density at radius 3 is 2.44 bits per heavy atom. The summed E-state index contributed by atoms with van der Waals surface area (Å²) < 4.78 is 4.90. The molecule has 8 nitrogen and oxygen atoms in total. The van der Waals surface area contributed by atoms with Gasteiger partial charge >= 0.3 is 6.09 Å². The van der Waals surface area contributed by atoms with Crippen molar-refractivity contribution in [1.82, 2.24) is 19.6 Å². The molecule has 1 atom stereocenters. The van der Waals surface area contributed by atoms with Crippen LogP contribution < -0.4 is 0 Å². The maximum absolute atomic E-state index is 12.8. The second kappa shape index (κ2) is 10.8. The van der Waals surface area contributed by atoms with Crippen LogP contribution in [0.5, 0.6) is 0 Å². The van der Waals surface area contributed by atoms with Crippen LogP contribution in [0.2, 0.25) is 0 Å². The third kappa shape index (κ3) is 6.00. The fourth-order valence-electron chi connectivity index (χ4n) is 4.84. The van der Waals surface area contributed by atoms with Crippen LogP contribution in [0.1, 0.15) is 31.2 Å². The molecule has 0 saturated carbocycles. The molecule has 3 aliphatic heterocycles. The monoisotopic (exact) mass is 442 g/mol. The molecule has 3 amide bonds. The number of carbonyl (C=O) groups is 3. The lowest BCUT2D eigenvalue weighted by Gasteiger charge is -2.36. The predicted octanol–water partition coefficient (Wildman–Crippen LogP) is 1.80. The van der Waals surface area contributed by atoms with E-state index in [1.807, 2.05) is 15.9 Å². The molecule has 0 radical (unpaired) electrons. The number of benzene rings is 1. The molecule has 0 aromatic heterocycles. The van der Waals surface area contributed by atoms with Gasteiger partial charge in [-0.2, -0.15) is 0 Å². The molecule has 3 saturated heterocycles. The van der Waals surface area contributed by atoms with Gasteiger partial charge in [0.25, 0.3) is 0 Å². The van der Waals surface area contributed by atoms with Gasteiger partial charge in [-0.05, 0) is 30.7 Å². The zero-order valence-corrected chi connectivity index (χ0v) is 18.8. The Hall–Kier alpha value is -2.61. The molecule has 1 aromatic carbocycles. The summed E-state index contributed by atoms with van der Waals surface area (Å²) in [5, 5.41) is 0. The highest BCUT2D eigenvalue weighted by molar-refractivity contribution is 5.83. The second-order valence-corrected chi connectivity index (χ2v) is 9.07. The van der Waals surface area contributed by atoms with Crippen molar-refractivity contribution in [3.05, 3.63) is 35.9 Å². The van der Waals surface area contributed by atoms with Crippen molar-refractivity contribution in [2.24, 2.45) is 5.92 Å². The predicted molar refractivity (Wildman–Crippen MR) is 120 cm³/mol. The van der Waals surface area contributed by atoms with Gasteiger partial charge in [0.1, 0.15) is 13.2 Å². The number of amides is 3. The molecule has 0 spiro atoms. The third-order valence-corrected chi connectivity index (χ3v) is 6.78. The van der Waals surface area contributed by atoms with E-state index in [-0.39, 0.29) is 18.4 Å². The number of rotatable bonds is 7. The van der Waals surface area contributed by atoms with E-state index in [1.54, 1.807) is 0 Å². The summed E-state index contributed by atoms with van der Waals surface area (Å²) in [4.78, 5) is 44.6. The Kier molecular flexibility index (Phi) is 7.63. The molecule has 0 N–H and O–H groups in total. The van der Waals surface area contributed by atoms with Crippen molar-refractivity contribution < 1.29 is 19.1 Å². The molecule has 32 heavy (non-hydrogen) atoms. The lowest BCUT2D eigenvalue weighted by atomic mass is 9.93. The largest absolute Gasteiger partial charge is 0.448 e. The van der Waals surface area contributed by atoms with E-state index in [2.05, 4.69) is 29.2 Å². The van der Waals surface area contributed by atoms with Crippen LogP contribution in [-0.2, 0) is 20.9 Å². The number of hydrogen-bond acceptors (Lipinski definition) is 5. The first-order valence-corrected chi connectivity index (χ1v) is 11.8. The van der Waals surface area contributed by atoms with Crippen molar-refractivity contribution in [3.8, 4) is 0 Å². The molecule has 0 bridgehead atoms. The first-order chi connectivity index (χ1) is 15.6. The highest BCUT2D eigenvalue weighted by Gasteiger charge is 2.30. The number of cyclic esters (lactones) is 1. The van der Waals surface area contributed by atoms with E-state index in [1.165, 1.54) is 10.5 Å². The summed E-state index contributed by atoms with van der Waals surface area (Å²) in [6.07, 6.45) is 2.96. The molecule has 174 valence electrons. The zero-order valence-electron chi connectivity index (χ0n) is 18.8. The van der Waals surface area contributed by atoms with Crippen molar-refractivity contribution in [2.75, 3.05) is 59.0 Å². The molecule has 8 heteroatoms. The maximum Gasteiger partial charge on any atom is 0.410 e. The standard InChI is InChI=1S/C24H34N4O4/c29-22(26-13-11-25(12-14-26)17-20-5-2-1-3-6-20)9-8-21-7-4-10-27(18-21)23(30)19-28-15-16-32-24(28)31/h1-3,5-6,21H,4,7-19H2. The minimum absolute atomic E-state index is 0.0191. The number of carbonyl (C=O) groups excluding carboxylic acids is 3. The molecule has 3 aliphatic rings. The van der Waals surface area contributed by atoms with Gasteiger partial charge in [-0.3, -0.25) is 19.4 Å².